The van der Waals surface area contributed by atoms with Crippen molar-refractivity contribution in [3.63, 3.8) is 0 Å². The van der Waals surface area contributed by atoms with Gasteiger partial charge in [0.2, 0.25) is 5.76 Å². The van der Waals surface area contributed by atoms with Gasteiger partial charge in [0.15, 0.2) is 5.43 Å². The van der Waals surface area contributed by atoms with Crippen molar-refractivity contribution in [1.29, 1.82) is 0 Å². The molecule has 0 aliphatic heterocycles. The van der Waals surface area contributed by atoms with Gasteiger partial charge in [0, 0.05) is 21.7 Å². The van der Waals surface area contributed by atoms with E-state index < -0.39 is 5.97 Å². The van der Waals surface area contributed by atoms with E-state index >= 15 is 0 Å². The maximum atomic E-state index is 12.1. The summed E-state index contributed by atoms with van der Waals surface area (Å²) in [6, 6.07) is 12.7. The number of esters is 1. The molecular weight excluding hydrogens is 339 g/mol. The number of benzene rings is 2. The van der Waals surface area contributed by atoms with E-state index in [9.17, 15) is 9.59 Å². The van der Waals surface area contributed by atoms with Gasteiger partial charge in [0.1, 0.15) is 12.2 Å². The molecule has 0 radical (unpaired) electrons. The molecule has 6 heteroatoms. The summed E-state index contributed by atoms with van der Waals surface area (Å²) in [5, 5.41) is 1.22. The Bertz CT molecular complexity index is 947. The predicted octanol–water partition coefficient (Wildman–Crippen LogP) is 4.46. The molecule has 0 atom stereocenters. The van der Waals surface area contributed by atoms with Crippen molar-refractivity contribution in [2.24, 2.45) is 0 Å². The molecule has 0 aliphatic carbocycles. The Labute approximate surface area is 141 Å². The highest BCUT2D eigenvalue weighted by Gasteiger charge is 2.14. The van der Waals surface area contributed by atoms with Crippen LogP contribution < -0.4 is 5.43 Å². The van der Waals surface area contributed by atoms with Gasteiger partial charge in [-0.3, -0.25) is 4.79 Å². The third-order valence-electron chi connectivity index (χ3n) is 3.21. The Balaban J connectivity index is 1.85. The van der Waals surface area contributed by atoms with Gasteiger partial charge in [-0.2, -0.15) is 0 Å². The number of carbonyl (C=O) groups is 1. The first kappa shape index (κ1) is 15.6. The van der Waals surface area contributed by atoms with Crippen LogP contribution in [0.15, 0.2) is 57.7 Å². The smallest absolute Gasteiger partial charge is 0.374 e. The molecule has 0 unspecified atom stereocenters. The molecule has 0 fully saturated rings. The lowest BCUT2D eigenvalue weighted by Gasteiger charge is -2.06. The van der Waals surface area contributed by atoms with Crippen molar-refractivity contribution < 1.29 is 13.9 Å². The van der Waals surface area contributed by atoms with Gasteiger partial charge >= 0.3 is 5.97 Å². The van der Waals surface area contributed by atoms with Gasteiger partial charge in [-0.1, -0.05) is 41.4 Å². The number of carbonyl (C=O) groups excluding carboxylic acids is 1. The number of halogens is 2. The number of ether oxygens (including phenoxy) is 1. The molecule has 0 N–H and O–H groups in total. The molecule has 3 rings (SSSR count). The Hall–Kier alpha value is -2.30. The number of fused-ring (bicyclic) bond motifs is 1. The highest BCUT2D eigenvalue weighted by atomic mass is 35.5. The zero-order valence-electron chi connectivity index (χ0n) is 11.7. The van der Waals surface area contributed by atoms with Crippen LogP contribution in [0.1, 0.15) is 16.1 Å². The average molecular weight is 349 g/mol. The zero-order valence-corrected chi connectivity index (χ0v) is 13.2. The summed E-state index contributed by atoms with van der Waals surface area (Å²) in [6.07, 6.45) is 0. The van der Waals surface area contributed by atoms with Crippen molar-refractivity contribution in [2.45, 2.75) is 6.61 Å². The fraction of sp³-hybridized carbons (Fsp3) is 0.0588. The molecule has 4 nitrogen and oxygen atoms in total. The van der Waals surface area contributed by atoms with E-state index in [0.29, 0.717) is 21.0 Å². The van der Waals surface area contributed by atoms with Gasteiger partial charge in [-0.25, -0.2) is 4.79 Å². The molecule has 0 saturated heterocycles. The summed E-state index contributed by atoms with van der Waals surface area (Å²) in [4.78, 5) is 24.1. The molecule has 3 aromatic rings. The van der Waals surface area contributed by atoms with Crippen molar-refractivity contribution in [3.05, 3.63) is 80.1 Å². The van der Waals surface area contributed by atoms with Gasteiger partial charge in [-0.05, 0) is 24.3 Å². The predicted molar refractivity (Wildman–Crippen MR) is 88.1 cm³/mol. The Morgan fingerprint density at radius 3 is 2.65 bits per heavy atom. The molecule has 116 valence electrons. The second-order valence-electron chi connectivity index (χ2n) is 4.78. The molecule has 0 saturated carbocycles. The van der Waals surface area contributed by atoms with Gasteiger partial charge in [-0.15, -0.1) is 0 Å². The van der Waals surface area contributed by atoms with Gasteiger partial charge in [0.05, 0.1) is 5.39 Å². The number of hydrogen-bond acceptors (Lipinski definition) is 4. The second kappa shape index (κ2) is 6.44. The molecular formula is C17H10Cl2O4. The molecule has 0 bridgehead atoms. The summed E-state index contributed by atoms with van der Waals surface area (Å²) < 4.78 is 10.6. The largest absolute Gasteiger partial charge is 0.455 e. The molecule has 1 heterocycles. The van der Waals surface area contributed by atoms with Crippen LogP contribution in [0, 0.1) is 0 Å². The molecule has 0 amide bonds. The minimum atomic E-state index is -0.737. The van der Waals surface area contributed by atoms with E-state index in [2.05, 4.69) is 0 Å². The van der Waals surface area contributed by atoms with E-state index in [1.54, 1.807) is 30.3 Å². The minimum Gasteiger partial charge on any atom is -0.455 e. The van der Waals surface area contributed by atoms with E-state index in [-0.39, 0.29) is 23.4 Å². The fourth-order valence-electron chi connectivity index (χ4n) is 2.06. The lowest BCUT2D eigenvalue weighted by atomic mass is 10.2. The quantitative estimate of drug-likeness (QED) is 0.655. The Kier molecular flexibility index (Phi) is 4.37. The van der Waals surface area contributed by atoms with Crippen molar-refractivity contribution in [3.8, 4) is 0 Å². The average Bonchev–Trinajstić information content (AvgIpc) is 2.54. The lowest BCUT2D eigenvalue weighted by molar-refractivity contribution is 0.0437. The second-order valence-corrected chi connectivity index (χ2v) is 5.63. The van der Waals surface area contributed by atoms with Crippen molar-refractivity contribution in [2.75, 3.05) is 0 Å². The first-order valence-corrected chi connectivity index (χ1v) is 7.44. The number of hydrogen-bond donors (Lipinski definition) is 0. The highest BCUT2D eigenvalue weighted by Crippen LogP contribution is 2.19. The third-order valence-corrected chi connectivity index (χ3v) is 3.81. The summed E-state index contributed by atoms with van der Waals surface area (Å²) in [5.74, 6) is -0.907. The van der Waals surface area contributed by atoms with Gasteiger partial charge in [0.25, 0.3) is 0 Å². The van der Waals surface area contributed by atoms with Crippen LogP contribution in [0.3, 0.4) is 0 Å². The van der Waals surface area contributed by atoms with Crippen LogP contribution in [0.25, 0.3) is 11.0 Å². The van der Waals surface area contributed by atoms with Crippen LogP contribution in [-0.2, 0) is 11.3 Å². The fourth-order valence-corrected chi connectivity index (χ4v) is 2.42. The van der Waals surface area contributed by atoms with E-state index in [1.807, 2.05) is 0 Å². The SMILES string of the molecule is O=C(OCc1ccccc1Cl)c1cc(=O)c2cc(Cl)ccc2o1. The van der Waals surface area contributed by atoms with E-state index in [1.165, 1.54) is 12.1 Å². The topological polar surface area (TPSA) is 56.5 Å². The van der Waals surface area contributed by atoms with Crippen LogP contribution in [-0.4, -0.2) is 5.97 Å². The monoisotopic (exact) mass is 348 g/mol. The maximum absolute atomic E-state index is 12.1. The normalized spacial score (nSPS) is 10.7. The number of rotatable bonds is 3. The molecule has 23 heavy (non-hydrogen) atoms. The summed E-state index contributed by atoms with van der Waals surface area (Å²) in [5.41, 5.74) is 0.572. The molecule has 0 spiro atoms. The van der Waals surface area contributed by atoms with E-state index in [0.717, 1.165) is 6.07 Å². The van der Waals surface area contributed by atoms with E-state index in [4.69, 9.17) is 32.4 Å². The zero-order chi connectivity index (χ0) is 16.4. The van der Waals surface area contributed by atoms with Crippen LogP contribution >= 0.6 is 23.2 Å². The summed E-state index contributed by atoms with van der Waals surface area (Å²) in [6.45, 7) is -0.0130. The summed E-state index contributed by atoms with van der Waals surface area (Å²) in [7, 11) is 0. The first-order valence-electron chi connectivity index (χ1n) is 6.68. The van der Waals surface area contributed by atoms with Gasteiger partial charge < -0.3 is 9.15 Å². The third kappa shape index (κ3) is 3.38. The molecule has 2 aromatic carbocycles. The first-order chi connectivity index (χ1) is 11.0. The highest BCUT2D eigenvalue weighted by molar-refractivity contribution is 6.31. The summed E-state index contributed by atoms with van der Waals surface area (Å²) >= 11 is 11.8. The minimum absolute atomic E-state index is 0.0130. The van der Waals surface area contributed by atoms with Crippen molar-refractivity contribution in [1.82, 2.24) is 0 Å². The van der Waals surface area contributed by atoms with Crippen LogP contribution in [0.5, 0.6) is 0 Å². The van der Waals surface area contributed by atoms with Crippen LogP contribution in [0.2, 0.25) is 10.0 Å². The van der Waals surface area contributed by atoms with Crippen molar-refractivity contribution >= 4 is 40.1 Å². The lowest BCUT2D eigenvalue weighted by Crippen LogP contribution is -2.10. The molecule has 0 aliphatic rings. The van der Waals surface area contributed by atoms with Crippen LogP contribution in [0.4, 0.5) is 0 Å². The Morgan fingerprint density at radius 2 is 1.87 bits per heavy atom. The molecule has 1 aromatic heterocycles. The Morgan fingerprint density at radius 1 is 1.09 bits per heavy atom. The standard InChI is InChI=1S/C17H10Cl2O4/c18-11-5-6-15-12(7-11)14(20)8-16(23-15)17(21)22-9-10-3-1-2-4-13(10)19/h1-8H,9H2. The maximum Gasteiger partial charge on any atom is 0.374 e.